The first-order valence-corrected chi connectivity index (χ1v) is 15.4. The lowest BCUT2D eigenvalue weighted by atomic mass is 10.1. The number of hydrogen-bond acceptors (Lipinski definition) is 2. The molecule has 0 unspecified atom stereocenters. The van der Waals surface area contributed by atoms with E-state index in [1.807, 2.05) is 90.8 Å². The van der Waals surface area contributed by atoms with Crippen LogP contribution in [0.1, 0.15) is 32.4 Å². The normalized spacial score (nSPS) is 14.0. The Labute approximate surface area is 188 Å². The van der Waals surface area contributed by atoms with Crippen LogP contribution >= 0.6 is 7.14 Å². The van der Waals surface area contributed by atoms with Crippen LogP contribution in [0, 0.1) is 0 Å². The van der Waals surface area contributed by atoms with Gasteiger partial charge in [0, 0.05) is 10.6 Å². The molecule has 1 atom stereocenters. The van der Waals surface area contributed by atoms with Crippen LogP contribution in [0.2, 0.25) is 18.1 Å². The molecular formula is C27H33O2PSi. The average molecular weight is 449 g/mol. The minimum absolute atomic E-state index is 0.0798. The lowest BCUT2D eigenvalue weighted by Crippen LogP contribution is -2.41. The van der Waals surface area contributed by atoms with Gasteiger partial charge < -0.3 is 8.99 Å². The number of rotatable bonds is 7. The average Bonchev–Trinajstić information content (AvgIpc) is 2.77. The molecular weight excluding hydrogens is 415 g/mol. The summed E-state index contributed by atoms with van der Waals surface area (Å²) in [5.41, 5.74) is 1.08. The van der Waals surface area contributed by atoms with Crippen molar-refractivity contribution >= 4 is 26.1 Å². The van der Waals surface area contributed by atoms with Gasteiger partial charge in [-0.25, -0.2) is 0 Å². The molecule has 0 aliphatic heterocycles. The van der Waals surface area contributed by atoms with Gasteiger partial charge in [-0.1, -0.05) is 112 Å². The van der Waals surface area contributed by atoms with E-state index in [4.69, 9.17) is 4.43 Å². The van der Waals surface area contributed by atoms with Crippen LogP contribution in [-0.2, 0) is 8.99 Å². The molecule has 0 saturated heterocycles. The molecule has 31 heavy (non-hydrogen) atoms. The zero-order valence-electron chi connectivity index (χ0n) is 19.2. The Morgan fingerprint density at radius 3 is 1.61 bits per heavy atom. The van der Waals surface area contributed by atoms with Gasteiger partial charge in [-0.05, 0) is 35.6 Å². The van der Waals surface area contributed by atoms with Crippen LogP contribution in [0.3, 0.4) is 0 Å². The highest BCUT2D eigenvalue weighted by molar-refractivity contribution is 7.81. The standard InChI is InChI=1S/C27H33O2PSi/c1-27(2,3)31(4,5)29-26(23-15-9-6-10-16-23)21-22-30(28,24-17-11-7-12-18-24)25-19-13-8-14-20-25/h6-22,26H,1-5H3/b22-21+/t26-/m0/s1. The molecule has 4 heteroatoms. The second-order valence-corrected chi connectivity index (χ2v) is 16.8. The summed E-state index contributed by atoms with van der Waals surface area (Å²) in [5.74, 6) is 1.89. The summed E-state index contributed by atoms with van der Waals surface area (Å²) in [7, 11) is -5.00. The van der Waals surface area contributed by atoms with Crippen molar-refractivity contribution in [3.63, 3.8) is 0 Å². The Kier molecular flexibility index (Phi) is 7.21. The third kappa shape index (κ3) is 5.54. The van der Waals surface area contributed by atoms with E-state index in [2.05, 4.69) is 46.0 Å². The summed E-state index contributed by atoms with van der Waals surface area (Å²) in [4.78, 5) is 0. The SMILES string of the molecule is CC(C)(C)[Si](C)(C)O[C@@H](/C=C/P(=O)(c1ccccc1)c1ccccc1)c1ccccc1. The number of benzene rings is 3. The highest BCUT2D eigenvalue weighted by Gasteiger charge is 2.39. The fraction of sp³-hybridized carbons (Fsp3) is 0.259. The summed E-state index contributed by atoms with van der Waals surface area (Å²) in [6.45, 7) is 11.2. The molecule has 0 fully saturated rings. The molecule has 3 aromatic carbocycles. The lowest BCUT2D eigenvalue weighted by Gasteiger charge is -2.38. The summed E-state index contributed by atoms with van der Waals surface area (Å²) in [5, 5.41) is 1.74. The second-order valence-electron chi connectivity index (χ2n) is 9.38. The van der Waals surface area contributed by atoms with Crippen molar-refractivity contribution in [1.29, 1.82) is 0 Å². The van der Waals surface area contributed by atoms with Crippen molar-refractivity contribution in [3.8, 4) is 0 Å². The van der Waals surface area contributed by atoms with Gasteiger partial charge in [-0.15, -0.1) is 0 Å². The molecule has 0 bridgehead atoms. The Bertz CT molecular complexity index is 995. The van der Waals surface area contributed by atoms with Crippen LogP contribution in [0.4, 0.5) is 0 Å². The van der Waals surface area contributed by atoms with Gasteiger partial charge in [-0.3, -0.25) is 0 Å². The third-order valence-electron chi connectivity index (χ3n) is 6.11. The molecule has 0 heterocycles. The van der Waals surface area contributed by atoms with Crippen LogP contribution < -0.4 is 10.6 Å². The van der Waals surface area contributed by atoms with Crippen molar-refractivity contribution in [3.05, 3.63) is 108 Å². The van der Waals surface area contributed by atoms with E-state index < -0.39 is 15.5 Å². The first-order chi connectivity index (χ1) is 14.6. The van der Waals surface area contributed by atoms with E-state index in [-0.39, 0.29) is 11.1 Å². The molecule has 3 aromatic rings. The van der Waals surface area contributed by atoms with Crippen LogP contribution in [0.5, 0.6) is 0 Å². The van der Waals surface area contributed by atoms with Crippen LogP contribution in [0.15, 0.2) is 103 Å². The molecule has 3 rings (SSSR count). The predicted molar refractivity (Wildman–Crippen MR) is 136 cm³/mol. The lowest BCUT2D eigenvalue weighted by molar-refractivity contribution is 0.229. The van der Waals surface area contributed by atoms with Gasteiger partial charge in [-0.2, -0.15) is 0 Å². The van der Waals surface area contributed by atoms with Crippen molar-refractivity contribution in [2.24, 2.45) is 0 Å². The molecule has 0 aliphatic carbocycles. The topological polar surface area (TPSA) is 26.3 Å². The quantitative estimate of drug-likeness (QED) is 0.280. The molecule has 0 radical (unpaired) electrons. The van der Waals surface area contributed by atoms with Gasteiger partial charge in [0.1, 0.15) is 0 Å². The second kappa shape index (κ2) is 9.52. The highest BCUT2D eigenvalue weighted by Crippen LogP contribution is 2.47. The van der Waals surface area contributed by atoms with Crippen molar-refractivity contribution < 1.29 is 8.99 Å². The summed E-state index contributed by atoms with van der Waals surface area (Å²) >= 11 is 0. The Balaban J connectivity index is 2.07. The van der Waals surface area contributed by atoms with E-state index in [9.17, 15) is 4.57 Å². The largest absolute Gasteiger partial charge is 0.407 e. The van der Waals surface area contributed by atoms with Gasteiger partial charge in [0.05, 0.1) is 6.10 Å². The molecule has 0 aliphatic rings. The maximum Gasteiger partial charge on any atom is 0.193 e. The highest BCUT2D eigenvalue weighted by atomic mass is 31.2. The van der Waals surface area contributed by atoms with Crippen molar-refractivity contribution in [1.82, 2.24) is 0 Å². The third-order valence-corrected chi connectivity index (χ3v) is 13.3. The van der Waals surface area contributed by atoms with Gasteiger partial charge in [0.2, 0.25) is 0 Å². The molecule has 162 valence electrons. The van der Waals surface area contributed by atoms with Gasteiger partial charge in [0.15, 0.2) is 15.5 Å². The summed E-state index contributed by atoms with van der Waals surface area (Å²) in [6.07, 6.45) is 1.76. The fourth-order valence-corrected chi connectivity index (χ4v) is 6.65. The zero-order chi connectivity index (χ0) is 22.5. The first kappa shape index (κ1) is 23.5. The predicted octanol–water partition coefficient (Wildman–Crippen LogP) is 7.28. The molecule has 0 saturated carbocycles. The molecule has 0 aromatic heterocycles. The molecule has 0 spiro atoms. The minimum Gasteiger partial charge on any atom is -0.407 e. The van der Waals surface area contributed by atoms with E-state index in [0.29, 0.717) is 0 Å². The number of hydrogen-bond donors (Lipinski definition) is 0. The van der Waals surface area contributed by atoms with Gasteiger partial charge in [0.25, 0.3) is 0 Å². The van der Waals surface area contributed by atoms with Crippen molar-refractivity contribution in [2.45, 2.75) is 45.0 Å². The van der Waals surface area contributed by atoms with E-state index in [1.165, 1.54) is 0 Å². The molecule has 2 nitrogen and oxygen atoms in total. The maximum absolute atomic E-state index is 14.4. The Hall–Kier alpha value is -2.19. The van der Waals surface area contributed by atoms with Crippen LogP contribution in [0.25, 0.3) is 0 Å². The van der Waals surface area contributed by atoms with Crippen LogP contribution in [-0.4, -0.2) is 8.32 Å². The van der Waals surface area contributed by atoms with Crippen molar-refractivity contribution in [2.75, 3.05) is 0 Å². The van der Waals surface area contributed by atoms with E-state index in [0.717, 1.165) is 16.2 Å². The fourth-order valence-electron chi connectivity index (χ4n) is 3.17. The first-order valence-electron chi connectivity index (χ1n) is 10.8. The van der Waals surface area contributed by atoms with E-state index >= 15 is 0 Å². The Morgan fingerprint density at radius 2 is 1.19 bits per heavy atom. The summed E-state index contributed by atoms with van der Waals surface area (Å²) in [6, 6.07) is 29.7. The minimum atomic E-state index is -2.95. The summed E-state index contributed by atoms with van der Waals surface area (Å²) < 4.78 is 21.2. The molecule has 0 N–H and O–H groups in total. The zero-order valence-corrected chi connectivity index (χ0v) is 21.1. The molecule has 0 amide bonds. The van der Waals surface area contributed by atoms with E-state index in [1.54, 1.807) is 0 Å². The monoisotopic (exact) mass is 448 g/mol. The Morgan fingerprint density at radius 1 is 0.774 bits per heavy atom. The smallest absolute Gasteiger partial charge is 0.193 e. The van der Waals surface area contributed by atoms with Gasteiger partial charge >= 0.3 is 0 Å². The maximum atomic E-state index is 14.4.